The molecule has 110 valence electrons. The Morgan fingerprint density at radius 3 is 2.95 bits per heavy atom. The number of rotatable bonds is 4. The van der Waals surface area contributed by atoms with Gasteiger partial charge in [0.1, 0.15) is 18.9 Å². The van der Waals surface area contributed by atoms with E-state index >= 15 is 0 Å². The summed E-state index contributed by atoms with van der Waals surface area (Å²) in [5, 5.41) is 15.6. The Labute approximate surface area is 120 Å². The maximum atomic E-state index is 11.0. The lowest BCUT2D eigenvalue weighted by molar-refractivity contribution is 0.0690. The van der Waals surface area contributed by atoms with Crippen LogP contribution in [0.25, 0.3) is 11.3 Å². The highest BCUT2D eigenvalue weighted by molar-refractivity contribution is 5.88. The molecule has 1 aliphatic heterocycles. The van der Waals surface area contributed by atoms with Crippen molar-refractivity contribution in [2.75, 3.05) is 20.3 Å². The molecule has 2 N–H and O–H groups in total. The topological polar surface area (TPSA) is 93.7 Å². The van der Waals surface area contributed by atoms with Gasteiger partial charge >= 0.3 is 5.97 Å². The number of hydrogen-bond acceptors (Lipinski definition) is 5. The first-order chi connectivity index (χ1) is 10.2. The van der Waals surface area contributed by atoms with Crippen LogP contribution in [0, 0.1) is 0 Å². The van der Waals surface area contributed by atoms with Gasteiger partial charge in [0.2, 0.25) is 0 Å². The number of hydrogen-bond donors (Lipinski definition) is 2. The molecule has 0 atom stereocenters. The van der Waals surface area contributed by atoms with Crippen LogP contribution < -0.4 is 9.47 Å². The van der Waals surface area contributed by atoms with Crippen molar-refractivity contribution in [3.8, 4) is 22.8 Å². The van der Waals surface area contributed by atoms with Crippen LogP contribution in [0.5, 0.6) is 11.5 Å². The number of aromatic amines is 1. The van der Waals surface area contributed by atoms with Crippen LogP contribution >= 0.6 is 0 Å². The molecule has 1 aromatic heterocycles. The van der Waals surface area contributed by atoms with Crippen LogP contribution in [-0.2, 0) is 11.3 Å². The minimum Gasteiger partial charge on any atom is -0.486 e. The molecule has 0 aliphatic carbocycles. The summed E-state index contributed by atoms with van der Waals surface area (Å²) in [6, 6.07) is 5.15. The summed E-state index contributed by atoms with van der Waals surface area (Å²) in [6.45, 7) is 1.28. The maximum Gasteiger partial charge on any atom is 0.353 e. The van der Waals surface area contributed by atoms with E-state index in [0.29, 0.717) is 42.6 Å². The largest absolute Gasteiger partial charge is 0.486 e. The van der Waals surface area contributed by atoms with Crippen LogP contribution in [0.4, 0.5) is 0 Å². The van der Waals surface area contributed by atoms with E-state index in [2.05, 4.69) is 10.2 Å². The molecule has 0 bridgehead atoms. The summed E-state index contributed by atoms with van der Waals surface area (Å²) >= 11 is 0. The molecule has 21 heavy (non-hydrogen) atoms. The first kappa shape index (κ1) is 13.4. The van der Waals surface area contributed by atoms with Crippen molar-refractivity contribution in [3.63, 3.8) is 0 Å². The monoisotopic (exact) mass is 290 g/mol. The fraction of sp³-hybridized carbons (Fsp3) is 0.286. The number of nitrogens with zero attached hydrogens (tertiary/aromatic N) is 1. The van der Waals surface area contributed by atoms with E-state index in [0.717, 1.165) is 5.56 Å². The molecule has 1 aliphatic rings. The fourth-order valence-electron chi connectivity index (χ4n) is 2.27. The average Bonchev–Trinajstić information content (AvgIpc) is 2.97. The highest BCUT2D eigenvalue weighted by Gasteiger charge is 2.23. The zero-order valence-corrected chi connectivity index (χ0v) is 11.4. The summed E-state index contributed by atoms with van der Waals surface area (Å²) < 4.78 is 16.4. The predicted molar refractivity (Wildman–Crippen MR) is 72.7 cm³/mol. The molecule has 0 radical (unpaired) electrons. The Morgan fingerprint density at radius 2 is 2.24 bits per heavy atom. The van der Waals surface area contributed by atoms with Crippen LogP contribution in [0.1, 0.15) is 16.1 Å². The van der Waals surface area contributed by atoms with Gasteiger partial charge in [-0.25, -0.2) is 4.79 Å². The number of aromatic nitrogens is 2. The lowest BCUT2D eigenvalue weighted by Gasteiger charge is -2.22. The lowest BCUT2D eigenvalue weighted by Crippen LogP contribution is -2.16. The fourth-order valence-corrected chi connectivity index (χ4v) is 2.27. The normalized spacial score (nSPS) is 13.2. The van der Waals surface area contributed by atoms with Gasteiger partial charge in [-0.05, 0) is 17.7 Å². The summed E-state index contributed by atoms with van der Waals surface area (Å²) in [4.78, 5) is 11.0. The Hall–Kier alpha value is -2.54. The Kier molecular flexibility index (Phi) is 3.49. The van der Waals surface area contributed by atoms with Crippen molar-refractivity contribution >= 4 is 5.97 Å². The molecule has 0 fully saturated rings. The Bertz CT molecular complexity index is 680. The zero-order valence-electron chi connectivity index (χ0n) is 11.4. The maximum absolute atomic E-state index is 11.0. The molecule has 3 rings (SSSR count). The minimum absolute atomic E-state index is 0.0164. The minimum atomic E-state index is -1.07. The first-order valence-electron chi connectivity index (χ1n) is 6.40. The van der Waals surface area contributed by atoms with Gasteiger partial charge in [0.25, 0.3) is 0 Å². The number of fused-ring (bicyclic) bond motifs is 1. The van der Waals surface area contributed by atoms with E-state index in [1.807, 2.05) is 12.1 Å². The van der Waals surface area contributed by atoms with Gasteiger partial charge in [0.15, 0.2) is 11.5 Å². The molecule has 7 heteroatoms. The number of ether oxygens (including phenoxy) is 3. The number of methoxy groups -OCH3 is 1. The number of carboxylic acids is 1. The van der Waals surface area contributed by atoms with Gasteiger partial charge in [0, 0.05) is 7.11 Å². The van der Waals surface area contributed by atoms with Gasteiger partial charge in [-0.2, -0.15) is 5.10 Å². The van der Waals surface area contributed by atoms with Gasteiger partial charge in [-0.3, -0.25) is 5.10 Å². The quantitative estimate of drug-likeness (QED) is 0.890. The number of benzene rings is 1. The van der Waals surface area contributed by atoms with E-state index in [9.17, 15) is 4.79 Å². The molecule has 2 heterocycles. The molecule has 0 saturated heterocycles. The Morgan fingerprint density at radius 1 is 1.43 bits per heavy atom. The molecule has 7 nitrogen and oxygen atoms in total. The molecular formula is C14H14N2O5. The molecule has 0 spiro atoms. The molecule has 0 saturated carbocycles. The third-order valence-corrected chi connectivity index (χ3v) is 3.16. The van der Waals surface area contributed by atoms with E-state index in [4.69, 9.17) is 19.3 Å². The molecule has 1 aromatic carbocycles. The highest BCUT2D eigenvalue weighted by Crippen LogP contribution is 2.42. The summed E-state index contributed by atoms with van der Waals surface area (Å²) in [5.74, 6) is 0.124. The van der Waals surface area contributed by atoms with Gasteiger partial charge in [0.05, 0.1) is 17.9 Å². The van der Waals surface area contributed by atoms with Crippen molar-refractivity contribution in [2.45, 2.75) is 6.61 Å². The zero-order chi connectivity index (χ0) is 14.8. The van der Waals surface area contributed by atoms with Crippen molar-refractivity contribution in [3.05, 3.63) is 29.5 Å². The van der Waals surface area contributed by atoms with Gasteiger partial charge < -0.3 is 19.3 Å². The second kappa shape index (κ2) is 5.45. The summed E-state index contributed by atoms with van der Waals surface area (Å²) in [6.07, 6.45) is 0. The van der Waals surface area contributed by atoms with Gasteiger partial charge in [-0.15, -0.1) is 0 Å². The third-order valence-electron chi connectivity index (χ3n) is 3.16. The van der Waals surface area contributed by atoms with Crippen molar-refractivity contribution in [1.82, 2.24) is 10.2 Å². The number of carbonyl (C=O) groups is 1. The summed E-state index contributed by atoms with van der Waals surface area (Å²) in [5.41, 5.74) is 2.05. The van der Waals surface area contributed by atoms with E-state index in [1.165, 1.54) is 6.07 Å². The average molecular weight is 290 g/mol. The van der Waals surface area contributed by atoms with E-state index < -0.39 is 5.97 Å². The summed E-state index contributed by atoms with van der Waals surface area (Å²) in [7, 11) is 1.59. The van der Waals surface area contributed by atoms with Crippen LogP contribution in [-0.4, -0.2) is 41.6 Å². The molecule has 0 unspecified atom stereocenters. The van der Waals surface area contributed by atoms with Crippen LogP contribution in [0.15, 0.2) is 18.2 Å². The molecular weight excluding hydrogens is 276 g/mol. The van der Waals surface area contributed by atoms with E-state index in [-0.39, 0.29) is 5.69 Å². The standard InChI is InChI=1S/C14H14N2O5/c1-19-7-8-2-3-11-13(21-5-4-20-11)12(8)9-6-10(14(17)18)16-15-9/h2-3,6H,4-5,7H2,1H3,(H,15,16)(H,17,18). The van der Waals surface area contributed by atoms with Crippen LogP contribution in [0.3, 0.4) is 0 Å². The van der Waals surface area contributed by atoms with E-state index in [1.54, 1.807) is 7.11 Å². The molecule has 0 amide bonds. The van der Waals surface area contributed by atoms with Crippen LogP contribution in [0.2, 0.25) is 0 Å². The number of H-pyrrole nitrogens is 1. The third kappa shape index (κ3) is 2.43. The Balaban J connectivity index is 2.14. The number of carboxylic acid groups (broad SMARTS) is 1. The predicted octanol–water partition coefficient (Wildman–Crippen LogP) is 1.69. The second-order valence-electron chi connectivity index (χ2n) is 4.53. The van der Waals surface area contributed by atoms with Crippen molar-refractivity contribution in [2.24, 2.45) is 0 Å². The van der Waals surface area contributed by atoms with Crippen molar-refractivity contribution < 1.29 is 24.1 Å². The SMILES string of the molecule is COCc1ccc2c(c1-c1cc(C(=O)O)[nH]n1)OCCO2. The number of aromatic carboxylic acids is 1. The van der Waals surface area contributed by atoms with Gasteiger partial charge in [-0.1, -0.05) is 6.07 Å². The second-order valence-corrected chi connectivity index (χ2v) is 4.53. The first-order valence-corrected chi connectivity index (χ1v) is 6.40. The molecule has 2 aromatic rings. The number of nitrogens with one attached hydrogen (secondary N) is 1. The lowest BCUT2D eigenvalue weighted by atomic mass is 10.0. The van der Waals surface area contributed by atoms with Crippen molar-refractivity contribution in [1.29, 1.82) is 0 Å². The smallest absolute Gasteiger partial charge is 0.353 e. The highest BCUT2D eigenvalue weighted by atomic mass is 16.6.